The van der Waals surface area contributed by atoms with Crippen LogP contribution < -0.4 is 0 Å². The number of aromatic nitrogens is 1. The molecule has 2 aromatic rings. The second-order valence-electron chi connectivity index (χ2n) is 10.0. The molecule has 1 aliphatic carbocycles. The third-order valence-electron chi connectivity index (χ3n) is 7.01. The molecule has 0 radical (unpaired) electrons. The molecular weight excluding hydrogens is 441 g/mol. The van der Waals surface area contributed by atoms with Crippen LogP contribution in [0.2, 0.25) is 0 Å². The van der Waals surface area contributed by atoms with Gasteiger partial charge >= 0.3 is 5.97 Å². The van der Waals surface area contributed by atoms with E-state index in [9.17, 15) is 9.18 Å². The normalized spacial score (nSPS) is 30.3. The summed E-state index contributed by atoms with van der Waals surface area (Å²) in [5.74, 6) is 0.747. The van der Waals surface area contributed by atoms with Crippen LogP contribution >= 0.6 is 0 Å². The summed E-state index contributed by atoms with van der Waals surface area (Å²) in [6, 6.07) is 6.49. The first kappa shape index (κ1) is 24.4. The summed E-state index contributed by atoms with van der Waals surface area (Å²) in [5, 5.41) is 0.974. The lowest BCUT2D eigenvalue weighted by atomic mass is 9.72. The van der Waals surface area contributed by atoms with E-state index in [1.807, 2.05) is 24.3 Å². The van der Waals surface area contributed by atoms with Crippen molar-refractivity contribution in [2.24, 2.45) is 11.8 Å². The number of nitrogens with one attached hydrogen (secondary N) is 1. The minimum absolute atomic E-state index is 0.0387. The van der Waals surface area contributed by atoms with Gasteiger partial charge in [0.25, 0.3) is 0 Å². The molecule has 1 aromatic carbocycles. The SMILES string of the molecule is C#C[C@@H]1Cc2c([nH]c3ccccc23)[C@@H](C2C(F)CC(/C=C/C(=O)OC)CC2F)N1CC(C)(C)F. The van der Waals surface area contributed by atoms with E-state index in [1.54, 1.807) is 4.90 Å². The summed E-state index contributed by atoms with van der Waals surface area (Å²) in [6.45, 7) is 2.86. The number of esters is 1. The van der Waals surface area contributed by atoms with Crippen molar-refractivity contribution in [2.75, 3.05) is 13.7 Å². The molecule has 4 nitrogen and oxygen atoms in total. The number of benzene rings is 1. The Kier molecular flexibility index (Phi) is 6.82. The Morgan fingerprint density at radius 3 is 2.59 bits per heavy atom. The summed E-state index contributed by atoms with van der Waals surface area (Å²) in [7, 11) is 1.25. The van der Waals surface area contributed by atoms with Gasteiger partial charge in [0.2, 0.25) is 0 Å². The van der Waals surface area contributed by atoms with Gasteiger partial charge in [0.1, 0.15) is 18.0 Å². The molecule has 1 aliphatic heterocycles. The summed E-state index contributed by atoms with van der Waals surface area (Å²) in [4.78, 5) is 16.6. The Balaban J connectivity index is 1.76. The summed E-state index contributed by atoms with van der Waals surface area (Å²) in [6.07, 6.45) is 6.23. The van der Waals surface area contributed by atoms with Crippen LogP contribution in [0.1, 0.15) is 44.0 Å². The van der Waals surface area contributed by atoms with Crippen LogP contribution in [0.15, 0.2) is 36.4 Å². The molecule has 4 atom stereocenters. The number of ether oxygens (including phenoxy) is 1. The fourth-order valence-electron chi connectivity index (χ4n) is 5.63. The number of fused-ring (bicyclic) bond motifs is 3. The van der Waals surface area contributed by atoms with Crippen LogP contribution in [0.3, 0.4) is 0 Å². The highest BCUT2D eigenvalue weighted by atomic mass is 19.2. The Morgan fingerprint density at radius 2 is 1.97 bits per heavy atom. The van der Waals surface area contributed by atoms with Crippen molar-refractivity contribution >= 4 is 16.9 Å². The number of methoxy groups -OCH3 is 1. The second-order valence-corrected chi connectivity index (χ2v) is 10.0. The second kappa shape index (κ2) is 9.50. The fourth-order valence-corrected chi connectivity index (χ4v) is 5.63. The quantitative estimate of drug-likeness (QED) is 0.367. The maximum Gasteiger partial charge on any atom is 0.330 e. The van der Waals surface area contributed by atoms with Gasteiger partial charge in [-0.05, 0) is 44.2 Å². The van der Waals surface area contributed by atoms with Crippen LogP contribution in [0.5, 0.6) is 0 Å². The van der Waals surface area contributed by atoms with E-state index in [0.717, 1.165) is 22.2 Å². The van der Waals surface area contributed by atoms with E-state index >= 15 is 8.78 Å². The number of halogens is 3. The average Bonchev–Trinajstić information content (AvgIpc) is 3.15. The van der Waals surface area contributed by atoms with Crippen molar-refractivity contribution in [3.05, 3.63) is 47.7 Å². The minimum Gasteiger partial charge on any atom is -0.466 e. The number of hydrogen-bond donors (Lipinski definition) is 1. The van der Waals surface area contributed by atoms with Crippen molar-refractivity contribution in [2.45, 2.75) is 63.2 Å². The first-order valence-corrected chi connectivity index (χ1v) is 11.7. The largest absolute Gasteiger partial charge is 0.466 e. The smallest absolute Gasteiger partial charge is 0.330 e. The van der Waals surface area contributed by atoms with E-state index in [2.05, 4.69) is 15.6 Å². The van der Waals surface area contributed by atoms with E-state index in [-0.39, 0.29) is 19.4 Å². The summed E-state index contributed by atoms with van der Waals surface area (Å²) < 4.78 is 51.0. The van der Waals surface area contributed by atoms with E-state index < -0.39 is 47.9 Å². The van der Waals surface area contributed by atoms with Crippen molar-refractivity contribution in [1.82, 2.24) is 9.88 Å². The third kappa shape index (κ3) is 4.74. The number of para-hydroxylation sites is 1. The number of allylic oxidation sites excluding steroid dienone is 1. The predicted molar refractivity (Wildman–Crippen MR) is 126 cm³/mol. The highest BCUT2D eigenvalue weighted by Crippen LogP contribution is 2.48. The lowest BCUT2D eigenvalue weighted by Crippen LogP contribution is -2.54. The fraction of sp³-hybridized carbons (Fsp3) is 0.519. The zero-order valence-corrected chi connectivity index (χ0v) is 19.7. The van der Waals surface area contributed by atoms with Crippen molar-refractivity contribution in [3.8, 4) is 12.3 Å². The van der Waals surface area contributed by atoms with Crippen LogP contribution in [0.4, 0.5) is 13.2 Å². The average molecular weight is 473 g/mol. The van der Waals surface area contributed by atoms with Crippen LogP contribution in [0, 0.1) is 24.2 Å². The van der Waals surface area contributed by atoms with Gasteiger partial charge in [-0.1, -0.05) is 30.2 Å². The Hall–Kier alpha value is -2.72. The van der Waals surface area contributed by atoms with Crippen LogP contribution in [-0.4, -0.2) is 53.6 Å². The van der Waals surface area contributed by atoms with E-state index in [1.165, 1.54) is 33.1 Å². The number of hydrogen-bond acceptors (Lipinski definition) is 3. The number of rotatable bonds is 5. The molecule has 4 rings (SSSR count). The van der Waals surface area contributed by atoms with Gasteiger partial charge in [-0.2, -0.15) is 0 Å². The number of aromatic amines is 1. The van der Waals surface area contributed by atoms with Gasteiger partial charge in [0.05, 0.1) is 19.2 Å². The molecule has 1 N–H and O–H groups in total. The van der Waals surface area contributed by atoms with Gasteiger partial charge in [-0.3, -0.25) is 4.90 Å². The summed E-state index contributed by atoms with van der Waals surface area (Å²) >= 11 is 0. The van der Waals surface area contributed by atoms with Gasteiger partial charge in [-0.25, -0.2) is 18.0 Å². The molecule has 182 valence electrons. The number of carbonyl (C=O) groups excluding carboxylic acids is 1. The molecule has 0 saturated heterocycles. The van der Waals surface area contributed by atoms with E-state index in [0.29, 0.717) is 6.42 Å². The van der Waals surface area contributed by atoms with Gasteiger partial charge in [0, 0.05) is 41.6 Å². The molecule has 1 aromatic heterocycles. The lowest BCUT2D eigenvalue weighted by Gasteiger charge is -2.48. The number of alkyl halides is 3. The molecule has 2 aliphatic rings. The zero-order valence-electron chi connectivity index (χ0n) is 19.7. The van der Waals surface area contributed by atoms with Crippen LogP contribution in [-0.2, 0) is 16.0 Å². The third-order valence-corrected chi connectivity index (χ3v) is 7.01. The molecule has 1 fully saturated rings. The lowest BCUT2D eigenvalue weighted by molar-refractivity contribution is -0.134. The standard InChI is InChI=1S/C27H31F3N2O2/c1-5-17-14-19-18-8-6-7-9-22(18)31-25(19)26(32(17)15-27(2,3)30)24-20(28)12-16(13-21(24)29)10-11-23(33)34-4/h1,6-11,16-17,20-21,24,26,31H,12-15H2,2-4H3/b11-10+/t16?,17-,20?,21?,24?,26-/m1/s1. The monoisotopic (exact) mass is 472 g/mol. The van der Waals surface area contributed by atoms with Gasteiger partial charge in [-0.15, -0.1) is 6.42 Å². The Bertz CT molecular complexity index is 1100. The Morgan fingerprint density at radius 1 is 1.29 bits per heavy atom. The van der Waals surface area contributed by atoms with Gasteiger partial charge in [0.15, 0.2) is 0 Å². The highest BCUT2D eigenvalue weighted by Gasteiger charge is 2.50. The van der Waals surface area contributed by atoms with Gasteiger partial charge < -0.3 is 9.72 Å². The Labute approximate surface area is 198 Å². The van der Waals surface area contributed by atoms with Crippen molar-refractivity contribution in [1.29, 1.82) is 0 Å². The van der Waals surface area contributed by atoms with Crippen molar-refractivity contribution < 1.29 is 22.7 Å². The number of carbonyl (C=O) groups is 1. The molecule has 1 saturated carbocycles. The number of H-pyrrole nitrogens is 1. The molecule has 0 bridgehead atoms. The number of nitrogens with zero attached hydrogens (tertiary/aromatic N) is 1. The zero-order chi connectivity index (χ0) is 24.6. The molecule has 0 amide bonds. The molecule has 2 heterocycles. The molecular formula is C27H31F3N2O2. The number of terminal acetylenes is 1. The van der Waals surface area contributed by atoms with E-state index in [4.69, 9.17) is 6.42 Å². The maximum atomic E-state index is 15.8. The van der Waals surface area contributed by atoms with Crippen LogP contribution in [0.25, 0.3) is 10.9 Å². The molecule has 34 heavy (non-hydrogen) atoms. The predicted octanol–water partition coefficient (Wildman–Crippen LogP) is 5.25. The molecule has 0 spiro atoms. The minimum atomic E-state index is -1.60. The molecule has 2 unspecified atom stereocenters. The first-order chi connectivity index (χ1) is 16.1. The highest BCUT2D eigenvalue weighted by molar-refractivity contribution is 5.85. The molecule has 7 heteroatoms. The first-order valence-electron chi connectivity index (χ1n) is 11.7. The maximum absolute atomic E-state index is 15.8. The summed E-state index contributed by atoms with van der Waals surface area (Å²) in [5.41, 5.74) is 0.934. The van der Waals surface area contributed by atoms with Crippen molar-refractivity contribution in [3.63, 3.8) is 0 Å². The topological polar surface area (TPSA) is 45.3 Å².